The van der Waals surface area contributed by atoms with Crippen LogP contribution in [0.1, 0.15) is 43.9 Å². The Balaban J connectivity index is 1.64. The number of halogens is 1. The standard InChI is InChI=1S/C23H27ClN4O5/c1-23(2,21(29)19-12-16(24)11-14(13-25)20(19)26)15-7-9-27(10-8-15)22(30)33-18-5-3-17(4-6-18)28(31)32/h3-6,11-13,15,21,25,29H,7-10,26H2,1-2H3. The number of nitro groups is 1. The summed E-state index contributed by atoms with van der Waals surface area (Å²) in [6.07, 6.45) is 0.988. The van der Waals surface area contributed by atoms with Crippen molar-refractivity contribution in [2.24, 2.45) is 11.3 Å². The number of amides is 1. The minimum absolute atomic E-state index is 0.0792. The molecule has 1 aliphatic rings. The van der Waals surface area contributed by atoms with Crippen molar-refractivity contribution in [2.45, 2.75) is 32.8 Å². The molecule has 0 radical (unpaired) electrons. The van der Waals surface area contributed by atoms with Crippen molar-refractivity contribution in [1.29, 1.82) is 5.41 Å². The van der Waals surface area contributed by atoms with Crippen LogP contribution in [0.25, 0.3) is 0 Å². The highest BCUT2D eigenvalue weighted by atomic mass is 35.5. The molecule has 0 spiro atoms. The fraction of sp³-hybridized carbons (Fsp3) is 0.391. The van der Waals surface area contributed by atoms with Gasteiger partial charge in [-0.25, -0.2) is 4.79 Å². The molecule has 1 unspecified atom stereocenters. The average Bonchev–Trinajstić information content (AvgIpc) is 2.80. The van der Waals surface area contributed by atoms with Gasteiger partial charge in [0.15, 0.2) is 0 Å². The maximum atomic E-state index is 12.5. The van der Waals surface area contributed by atoms with E-state index < -0.39 is 22.5 Å². The SMILES string of the molecule is CC(C)(C1CCN(C(=O)Oc2ccc([N+](=O)[O-])cc2)CC1)C(O)c1cc(Cl)cc(C=N)c1N. The van der Waals surface area contributed by atoms with E-state index in [1.165, 1.54) is 24.3 Å². The van der Waals surface area contributed by atoms with Crippen LogP contribution in [0.5, 0.6) is 5.75 Å². The maximum absolute atomic E-state index is 12.5. The van der Waals surface area contributed by atoms with Gasteiger partial charge in [-0.05, 0) is 48.4 Å². The number of rotatable bonds is 6. The van der Waals surface area contributed by atoms with Crippen LogP contribution in [-0.2, 0) is 0 Å². The molecule has 0 aliphatic carbocycles. The molecule has 9 nitrogen and oxygen atoms in total. The number of non-ortho nitro benzene ring substituents is 1. The first-order valence-electron chi connectivity index (χ1n) is 10.5. The number of nitro benzene ring substituents is 1. The molecule has 1 fully saturated rings. The zero-order valence-corrected chi connectivity index (χ0v) is 19.2. The van der Waals surface area contributed by atoms with Crippen molar-refractivity contribution >= 4 is 35.3 Å². The van der Waals surface area contributed by atoms with E-state index in [0.717, 1.165) is 6.21 Å². The number of nitrogens with zero attached hydrogens (tertiary/aromatic N) is 2. The molecule has 0 bridgehead atoms. The largest absolute Gasteiger partial charge is 0.415 e. The Bertz CT molecular complexity index is 1050. The van der Waals surface area contributed by atoms with Gasteiger partial charge in [-0.3, -0.25) is 10.1 Å². The molecule has 2 aromatic carbocycles. The highest BCUT2D eigenvalue weighted by molar-refractivity contribution is 6.31. The highest BCUT2D eigenvalue weighted by Gasteiger charge is 2.40. The number of carbonyl (C=O) groups is 1. The molecule has 0 aromatic heterocycles. The van der Waals surface area contributed by atoms with Crippen molar-refractivity contribution in [1.82, 2.24) is 4.90 Å². The molecule has 1 aliphatic heterocycles. The molecule has 10 heteroatoms. The summed E-state index contributed by atoms with van der Waals surface area (Å²) in [6.45, 7) is 4.81. The summed E-state index contributed by atoms with van der Waals surface area (Å²) < 4.78 is 5.34. The third-order valence-electron chi connectivity index (χ3n) is 6.42. The minimum atomic E-state index is -0.904. The van der Waals surface area contributed by atoms with Gasteiger partial charge in [-0.15, -0.1) is 0 Å². The van der Waals surface area contributed by atoms with Gasteiger partial charge in [0.25, 0.3) is 5.69 Å². The lowest BCUT2D eigenvalue weighted by atomic mass is 9.68. The number of nitrogen functional groups attached to an aromatic ring is 1. The van der Waals surface area contributed by atoms with E-state index in [1.807, 2.05) is 13.8 Å². The number of hydrogen-bond donors (Lipinski definition) is 3. The number of carbonyl (C=O) groups excluding carboxylic acids is 1. The lowest BCUT2D eigenvalue weighted by Gasteiger charge is -2.43. The number of aliphatic hydroxyl groups excluding tert-OH is 1. The van der Waals surface area contributed by atoms with Gasteiger partial charge < -0.3 is 25.9 Å². The van der Waals surface area contributed by atoms with Gasteiger partial charge in [0, 0.05) is 53.3 Å². The van der Waals surface area contributed by atoms with Crippen LogP contribution < -0.4 is 10.5 Å². The Hall–Kier alpha value is -3.17. The minimum Gasteiger partial charge on any atom is -0.410 e. The van der Waals surface area contributed by atoms with E-state index in [-0.39, 0.29) is 17.4 Å². The first-order chi connectivity index (χ1) is 15.5. The van der Waals surface area contributed by atoms with Crippen LogP contribution in [-0.4, -0.2) is 40.3 Å². The lowest BCUT2D eigenvalue weighted by Crippen LogP contribution is -2.44. The summed E-state index contributed by atoms with van der Waals surface area (Å²) in [5, 5.41) is 29.9. The normalized spacial score (nSPS) is 15.7. The Labute approximate surface area is 196 Å². The molecular formula is C23H27ClN4O5. The molecule has 3 rings (SSSR count). The van der Waals surface area contributed by atoms with E-state index in [4.69, 9.17) is 27.5 Å². The van der Waals surface area contributed by atoms with Crippen molar-refractivity contribution < 1.29 is 19.6 Å². The van der Waals surface area contributed by atoms with Crippen molar-refractivity contribution in [3.63, 3.8) is 0 Å². The van der Waals surface area contributed by atoms with E-state index in [1.54, 1.807) is 17.0 Å². The highest BCUT2D eigenvalue weighted by Crippen LogP contribution is 2.46. The Morgan fingerprint density at radius 1 is 1.33 bits per heavy atom. The van der Waals surface area contributed by atoms with Crippen LogP contribution >= 0.6 is 11.6 Å². The molecule has 4 N–H and O–H groups in total. The van der Waals surface area contributed by atoms with E-state index >= 15 is 0 Å². The lowest BCUT2D eigenvalue weighted by molar-refractivity contribution is -0.384. The topological polar surface area (TPSA) is 143 Å². The maximum Gasteiger partial charge on any atom is 0.415 e. The fourth-order valence-electron chi connectivity index (χ4n) is 4.24. The van der Waals surface area contributed by atoms with Crippen molar-refractivity contribution in [3.05, 3.63) is 62.7 Å². The van der Waals surface area contributed by atoms with Gasteiger partial charge >= 0.3 is 6.09 Å². The van der Waals surface area contributed by atoms with Gasteiger partial charge in [0.1, 0.15) is 5.75 Å². The van der Waals surface area contributed by atoms with E-state index in [9.17, 15) is 20.0 Å². The van der Waals surface area contributed by atoms with E-state index in [2.05, 4.69) is 0 Å². The molecule has 0 saturated carbocycles. The molecule has 1 saturated heterocycles. The molecule has 176 valence electrons. The van der Waals surface area contributed by atoms with Crippen molar-refractivity contribution in [2.75, 3.05) is 18.8 Å². The van der Waals surface area contributed by atoms with Crippen LogP contribution in [0.2, 0.25) is 5.02 Å². The third kappa shape index (κ3) is 5.26. The van der Waals surface area contributed by atoms with Crippen molar-refractivity contribution in [3.8, 4) is 5.75 Å². The summed E-state index contributed by atoms with van der Waals surface area (Å²) in [6, 6.07) is 8.56. The summed E-state index contributed by atoms with van der Waals surface area (Å²) in [5.74, 6) is 0.333. The summed E-state index contributed by atoms with van der Waals surface area (Å²) >= 11 is 6.16. The average molecular weight is 475 g/mol. The smallest absolute Gasteiger partial charge is 0.410 e. The predicted octanol–water partition coefficient (Wildman–Crippen LogP) is 4.80. The monoisotopic (exact) mass is 474 g/mol. The number of aliphatic hydroxyl groups is 1. The Morgan fingerprint density at radius 2 is 1.94 bits per heavy atom. The fourth-order valence-corrected chi connectivity index (χ4v) is 4.47. The molecule has 1 heterocycles. The van der Waals surface area contributed by atoms with Crippen LogP contribution in [0, 0.1) is 26.9 Å². The number of benzene rings is 2. The van der Waals surface area contributed by atoms with Crippen LogP contribution in [0.15, 0.2) is 36.4 Å². The van der Waals surface area contributed by atoms with E-state index in [0.29, 0.717) is 47.8 Å². The van der Waals surface area contributed by atoms with Gasteiger partial charge in [0.2, 0.25) is 0 Å². The molecule has 33 heavy (non-hydrogen) atoms. The number of nitrogens with two attached hydrogens (primary N) is 1. The van der Waals surface area contributed by atoms with Crippen LogP contribution in [0.4, 0.5) is 16.2 Å². The van der Waals surface area contributed by atoms with Gasteiger partial charge in [0.05, 0.1) is 11.0 Å². The Morgan fingerprint density at radius 3 is 2.48 bits per heavy atom. The van der Waals surface area contributed by atoms with Crippen LogP contribution in [0.3, 0.4) is 0 Å². The molecule has 1 atom stereocenters. The number of nitrogens with one attached hydrogen (secondary N) is 1. The first-order valence-corrected chi connectivity index (χ1v) is 10.9. The number of ether oxygens (including phenoxy) is 1. The summed E-state index contributed by atoms with van der Waals surface area (Å²) in [5.41, 5.74) is 6.81. The molecule has 2 aromatic rings. The molecule has 1 amide bonds. The second kappa shape index (κ2) is 9.76. The zero-order valence-electron chi connectivity index (χ0n) is 18.5. The number of piperidine rings is 1. The second-order valence-corrected chi connectivity index (χ2v) is 9.18. The van der Waals surface area contributed by atoms with Gasteiger partial charge in [-0.1, -0.05) is 25.4 Å². The quantitative estimate of drug-likeness (QED) is 0.237. The number of hydrogen-bond acceptors (Lipinski definition) is 7. The number of anilines is 1. The summed E-state index contributed by atoms with van der Waals surface area (Å²) in [7, 11) is 0. The third-order valence-corrected chi connectivity index (χ3v) is 6.64. The first kappa shape index (κ1) is 24.5. The van der Waals surface area contributed by atoms with Gasteiger partial charge in [-0.2, -0.15) is 0 Å². The predicted molar refractivity (Wildman–Crippen MR) is 126 cm³/mol. The Kier molecular flexibility index (Phi) is 7.24. The summed E-state index contributed by atoms with van der Waals surface area (Å²) in [4.78, 5) is 24.3. The zero-order chi connectivity index (χ0) is 24.3. The second-order valence-electron chi connectivity index (χ2n) is 8.75. The molecular weight excluding hydrogens is 448 g/mol. The number of likely N-dealkylation sites (tertiary alicyclic amines) is 1.